The lowest BCUT2D eigenvalue weighted by atomic mass is 9.95. The van der Waals surface area contributed by atoms with E-state index < -0.39 is 0 Å². The van der Waals surface area contributed by atoms with Crippen LogP contribution in [0.4, 0.5) is 0 Å². The SMILES string of the molecule is CC(C)CC(CC(C)C)NCc1ccccc1Cl. The number of rotatable bonds is 7. The first kappa shape index (κ1) is 15.5. The van der Waals surface area contributed by atoms with Crippen molar-refractivity contribution in [3.05, 3.63) is 34.9 Å². The maximum atomic E-state index is 6.18. The van der Waals surface area contributed by atoms with Gasteiger partial charge in [0.2, 0.25) is 0 Å². The van der Waals surface area contributed by atoms with E-state index in [1.54, 1.807) is 0 Å². The van der Waals surface area contributed by atoms with E-state index in [1.807, 2.05) is 18.2 Å². The molecule has 102 valence electrons. The van der Waals surface area contributed by atoms with Crippen LogP contribution in [-0.2, 0) is 6.54 Å². The standard InChI is InChI=1S/C16H26ClN/c1-12(2)9-15(10-13(3)4)18-11-14-7-5-6-8-16(14)17/h5-8,12-13,15,18H,9-11H2,1-4H3. The molecule has 1 aromatic carbocycles. The zero-order valence-electron chi connectivity index (χ0n) is 12.0. The molecule has 0 aliphatic rings. The van der Waals surface area contributed by atoms with Gasteiger partial charge < -0.3 is 5.32 Å². The Morgan fingerprint density at radius 1 is 1.00 bits per heavy atom. The highest BCUT2D eigenvalue weighted by atomic mass is 35.5. The lowest BCUT2D eigenvalue weighted by Gasteiger charge is -2.22. The van der Waals surface area contributed by atoms with Crippen LogP contribution >= 0.6 is 11.6 Å². The number of hydrogen-bond acceptors (Lipinski definition) is 1. The van der Waals surface area contributed by atoms with Crippen molar-refractivity contribution in [1.29, 1.82) is 0 Å². The monoisotopic (exact) mass is 267 g/mol. The van der Waals surface area contributed by atoms with Crippen molar-refractivity contribution in [1.82, 2.24) is 5.32 Å². The first-order chi connectivity index (χ1) is 8.49. The van der Waals surface area contributed by atoms with Gasteiger partial charge in [-0.25, -0.2) is 0 Å². The maximum absolute atomic E-state index is 6.18. The van der Waals surface area contributed by atoms with Crippen molar-refractivity contribution in [2.45, 2.75) is 53.1 Å². The van der Waals surface area contributed by atoms with Crippen LogP contribution in [0.25, 0.3) is 0 Å². The highest BCUT2D eigenvalue weighted by molar-refractivity contribution is 6.31. The minimum Gasteiger partial charge on any atom is -0.310 e. The van der Waals surface area contributed by atoms with Crippen molar-refractivity contribution in [3.63, 3.8) is 0 Å². The first-order valence-corrected chi connectivity index (χ1v) is 7.33. The van der Waals surface area contributed by atoms with E-state index in [0.29, 0.717) is 6.04 Å². The predicted octanol–water partition coefficient (Wildman–Crippen LogP) is 4.89. The largest absolute Gasteiger partial charge is 0.310 e. The molecule has 1 aromatic rings. The highest BCUT2D eigenvalue weighted by Gasteiger charge is 2.12. The summed E-state index contributed by atoms with van der Waals surface area (Å²) in [6.07, 6.45) is 2.45. The Bertz CT molecular complexity index is 337. The van der Waals surface area contributed by atoms with E-state index in [2.05, 4.69) is 39.1 Å². The number of halogens is 1. The molecule has 0 aliphatic heterocycles. The first-order valence-electron chi connectivity index (χ1n) is 6.95. The smallest absolute Gasteiger partial charge is 0.0450 e. The molecule has 1 N–H and O–H groups in total. The van der Waals surface area contributed by atoms with E-state index >= 15 is 0 Å². The minimum atomic E-state index is 0.585. The normalized spacial score (nSPS) is 11.8. The molecule has 1 nitrogen and oxygen atoms in total. The van der Waals surface area contributed by atoms with E-state index in [-0.39, 0.29) is 0 Å². The van der Waals surface area contributed by atoms with Gasteiger partial charge in [0.15, 0.2) is 0 Å². The molecule has 0 atom stereocenters. The third-order valence-corrected chi connectivity index (χ3v) is 3.42. The summed E-state index contributed by atoms with van der Waals surface area (Å²) in [7, 11) is 0. The lowest BCUT2D eigenvalue weighted by molar-refractivity contribution is 0.358. The second kappa shape index (κ2) is 7.81. The Balaban J connectivity index is 2.53. The molecule has 0 radical (unpaired) electrons. The van der Waals surface area contributed by atoms with Crippen LogP contribution in [-0.4, -0.2) is 6.04 Å². The molecule has 0 bridgehead atoms. The van der Waals surface area contributed by atoms with Crippen LogP contribution in [0.1, 0.15) is 46.1 Å². The maximum Gasteiger partial charge on any atom is 0.0450 e. The topological polar surface area (TPSA) is 12.0 Å². The van der Waals surface area contributed by atoms with Gasteiger partial charge in [-0.05, 0) is 36.3 Å². The molecule has 0 unspecified atom stereocenters. The fourth-order valence-corrected chi connectivity index (χ4v) is 2.50. The molecular formula is C16H26ClN. The van der Waals surface area contributed by atoms with Gasteiger partial charge in [0.25, 0.3) is 0 Å². The Morgan fingerprint density at radius 2 is 1.56 bits per heavy atom. The molecule has 2 heteroatoms. The average molecular weight is 268 g/mol. The lowest BCUT2D eigenvalue weighted by Crippen LogP contribution is -2.31. The fraction of sp³-hybridized carbons (Fsp3) is 0.625. The van der Waals surface area contributed by atoms with Gasteiger partial charge in [-0.1, -0.05) is 57.5 Å². The summed E-state index contributed by atoms with van der Waals surface area (Å²) in [4.78, 5) is 0. The van der Waals surface area contributed by atoms with Crippen molar-refractivity contribution in [2.24, 2.45) is 11.8 Å². The van der Waals surface area contributed by atoms with Crippen LogP contribution in [0, 0.1) is 11.8 Å². The summed E-state index contributed by atoms with van der Waals surface area (Å²) >= 11 is 6.18. The Labute approximate surface area is 117 Å². The Hall–Kier alpha value is -0.530. The molecule has 1 rings (SSSR count). The van der Waals surface area contributed by atoms with Crippen LogP contribution in [0.5, 0.6) is 0 Å². The van der Waals surface area contributed by atoms with Gasteiger partial charge in [-0.2, -0.15) is 0 Å². The molecule has 0 spiro atoms. The molecule has 18 heavy (non-hydrogen) atoms. The Kier molecular flexibility index (Phi) is 6.73. The third kappa shape index (κ3) is 5.88. The molecular weight excluding hydrogens is 242 g/mol. The second-order valence-electron chi connectivity index (χ2n) is 5.93. The van der Waals surface area contributed by atoms with Gasteiger partial charge >= 0.3 is 0 Å². The molecule has 0 saturated heterocycles. The zero-order valence-corrected chi connectivity index (χ0v) is 12.8. The predicted molar refractivity (Wildman–Crippen MR) is 81.0 cm³/mol. The van der Waals surface area contributed by atoms with E-state index in [0.717, 1.165) is 23.4 Å². The molecule has 0 aliphatic carbocycles. The van der Waals surface area contributed by atoms with Gasteiger partial charge in [0.1, 0.15) is 0 Å². The molecule has 0 heterocycles. The van der Waals surface area contributed by atoms with Crippen molar-refractivity contribution in [3.8, 4) is 0 Å². The number of benzene rings is 1. The summed E-state index contributed by atoms with van der Waals surface area (Å²) in [6.45, 7) is 9.99. The molecule has 0 amide bonds. The summed E-state index contributed by atoms with van der Waals surface area (Å²) in [5, 5.41) is 4.51. The third-order valence-electron chi connectivity index (χ3n) is 3.05. The highest BCUT2D eigenvalue weighted by Crippen LogP contribution is 2.17. The Morgan fingerprint density at radius 3 is 2.06 bits per heavy atom. The zero-order chi connectivity index (χ0) is 13.5. The van der Waals surface area contributed by atoms with Gasteiger partial charge in [-0.3, -0.25) is 0 Å². The van der Waals surface area contributed by atoms with Crippen LogP contribution in [0.15, 0.2) is 24.3 Å². The second-order valence-corrected chi connectivity index (χ2v) is 6.34. The number of nitrogens with one attached hydrogen (secondary N) is 1. The van der Waals surface area contributed by atoms with Crippen molar-refractivity contribution < 1.29 is 0 Å². The summed E-state index contributed by atoms with van der Waals surface area (Å²) in [5.74, 6) is 1.46. The van der Waals surface area contributed by atoms with Crippen molar-refractivity contribution >= 4 is 11.6 Å². The van der Waals surface area contributed by atoms with E-state index in [1.165, 1.54) is 18.4 Å². The molecule has 0 fully saturated rings. The minimum absolute atomic E-state index is 0.585. The van der Waals surface area contributed by atoms with Gasteiger partial charge in [-0.15, -0.1) is 0 Å². The van der Waals surface area contributed by atoms with Gasteiger partial charge in [0, 0.05) is 17.6 Å². The van der Waals surface area contributed by atoms with E-state index in [4.69, 9.17) is 11.6 Å². The molecule has 0 saturated carbocycles. The summed E-state index contributed by atoms with van der Waals surface area (Å²) in [5.41, 5.74) is 1.19. The number of hydrogen-bond donors (Lipinski definition) is 1. The fourth-order valence-electron chi connectivity index (χ4n) is 2.30. The molecule has 0 aromatic heterocycles. The van der Waals surface area contributed by atoms with Crippen LogP contribution < -0.4 is 5.32 Å². The van der Waals surface area contributed by atoms with Gasteiger partial charge in [0.05, 0.1) is 0 Å². The van der Waals surface area contributed by atoms with Crippen LogP contribution in [0.2, 0.25) is 5.02 Å². The van der Waals surface area contributed by atoms with Crippen LogP contribution in [0.3, 0.4) is 0 Å². The summed E-state index contributed by atoms with van der Waals surface area (Å²) in [6, 6.07) is 8.66. The van der Waals surface area contributed by atoms with E-state index in [9.17, 15) is 0 Å². The average Bonchev–Trinajstić information content (AvgIpc) is 2.26. The quantitative estimate of drug-likeness (QED) is 0.742. The van der Waals surface area contributed by atoms with Crippen molar-refractivity contribution in [2.75, 3.05) is 0 Å². The summed E-state index contributed by atoms with van der Waals surface area (Å²) < 4.78 is 0.